The summed E-state index contributed by atoms with van der Waals surface area (Å²) in [7, 11) is 1.95. The minimum atomic E-state index is -0.985. The number of fused-ring (bicyclic) bond motifs is 1. The lowest BCUT2D eigenvalue weighted by Gasteiger charge is -2.23. The summed E-state index contributed by atoms with van der Waals surface area (Å²) >= 11 is 0. The first-order valence-corrected chi connectivity index (χ1v) is 6.90. The molecule has 0 unspecified atom stereocenters. The summed E-state index contributed by atoms with van der Waals surface area (Å²) < 4.78 is 28.0. The Balaban J connectivity index is 2.12. The van der Waals surface area contributed by atoms with Crippen LogP contribution in [-0.4, -0.2) is 39.3 Å². The van der Waals surface area contributed by atoms with Gasteiger partial charge in [-0.15, -0.1) is 0 Å². The molecule has 1 aromatic heterocycles. The third kappa shape index (κ3) is 2.59. The van der Waals surface area contributed by atoms with Crippen LogP contribution in [0.15, 0.2) is 18.2 Å². The van der Waals surface area contributed by atoms with Gasteiger partial charge in [-0.3, -0.25) is 9.48 Å². The van der Waals surface area contributed by atoms with E-state index in [0.29, 0.717) is 24.2 Å². The van der Waals surface area contributed by atoms with Gasteiger partial charge in [-0.2, -0.15) is 5.10 Å². The Bertz CT molecular complexity index is 743. The smallest absolute Gasteiger partial charge is 0.325 e. The fourth-order valence-electron chi connectivity index (χ4n) is 2.76. The van der Waals surface area contributed by atoms with E-state index in [4.69, 9.17) is 5.11 Å². The maximum Gasteiger partial charge on any atom is 0.325 e. The molecule has 1 N–H and O–H groups in total. The molecule has 116 valence electrons. The van der Waals surface area contributed by atoms with Crippen LogP contribution >= 0.6 is 0 Å². The lowest BCUT2D eigenvalue weighted by molar-refractivity contribution is -0.137. The first-order chi connectivity index (χ1) is 10.5. The summed E-state index contributed by atoms with van der Waals surface area (Å²) in [6.45, 7) is 1.16. The zero-order valence-electron chi connectivity index (χ0n) is 12.0. The minimum Gasteiger partial charge on any atom is -0.480 e. The molecule has 2 aromatic rings. The van der Waals surface area contributed by atoms with Crippen molar-refractivity contribution >= 4 is 5.97 Å². The summed E-state index contributed by atoms with van der Waals surface area (Å²) in [5, 5.41) is 13.3. The number of nitrogens with zero attached hydrogens (tertiary/aromatic N) is 3. The number of rotatable bonds is 3. The van der Waals surface area contributed by atoms with E-state index >= 15 is 0 Å². The Morgan fingerprint density at radius 3 is 2.82 bits per heavy atom. The maximum absolute atomic E-state index is 13.5. The molecule has 1 aliphatic heterocycles. The van der Waals surface area contributed by atoms with E-state index in [1.165, 1.54) is 10.7 Å². The number of halogens is 2. The lowest BCUT2D eigenvalue weighted by Crippen LogP contribution is -2.28. The van der Waals surface area contributed by atoms with E-state index in [2.05, 4.69) is 10.00 Å². The summed E-state index contributed by atoms with van der Waals surface area (Å²) in [5.41, 5.74) is 2.69. The van der Waals surface area contributed by atoms with Gasteiger partial charge >= 0.3 is 5.97 Å². The van der Waals surface area contributed by atoms with Crippen LogP contribution in [0.2, 0.25) is 0 Å². The standard InChI is InChI=1S/C15H15F2N3O2/c1-19-5-4-13-10(7-19)15(18-20(13)8-14(21)22)9-2-3-11(16)12(17)6-9/h2-3,6H,4-5,7-8H2,1H3,(H,21,22). The molecule has 0 bridgehead atoms. The highest BCUT2D eigenvalue weighted by molar-refractivity contribution is 5.68. The summed E-state index contributed by atoms with van der Waals surface area (Å²) in [6.07, 6.45) is 0.676. The number of hydrogen-bond donors (Lipinski definition) is 1. The van der Waals surface area contributed by atoms with Crippen LogP contribution < -0.4 is 0 Å². The largest absolute Gasteiger partial charge is 0.480 e. The topological polar surface area (TPSA) is 58.4 Å². The molecule has 1 aromatic carbocycles. The number of carboxylic acids is 1. The van der Waals surface area contributed by atoms with Gasteiger partial charge in [0.15, 0.2) is 11.6 Å². The van der Waals surface area contributed by atoms with Crippen molar-refractivity contribution in [2.24, 2.45) is 0 Å². The molecule has 0 saturated carbocycles. The Kier molecular flexibility index (Phi) is 3.66. The normalized spacial score (nSPS) is 14.9. The summed E-state index contributed by atoms with van der Waals surface area (Å²) in [5.74, 6) is -2.84. The van der Waals surface area contributed by atoms with Crippen LogP contribution in [0, 0.1) is 11.6 Å². The molecule has 0 saturated heterocycles. The minimum absolute atomic E-state index is 0.240. The van der Waals surface area contributed by atoms with Crippen LogP contribution in [0.3, 0.4) is 0 Å². The van der Waals surface area contributed by atoms with Crippen molar-refractivity contribution < 1.29 is 18.7 Å². The number of hydrogen-bond acceptors (Lipinski definition) is 3. The molecular weight excluding hydrogens is 292 g/mol. The fraction of sp³-hybridized carbons (Fsp3) is 0.333. The molecule has 2 heterocycles. The average molecular weight is 307 g/mol. The molecule has 0 aliphatic carbocycles. The van der Waals surface area contributed by atoms with Gasteiger partial charge in [0, 0.05) is 36.3 Å². The van der Waals surface area contributed by atoms with Crippen LogP contribution in [0.5, 0.6) is 0 Å². The molecule has 22 heavy (non-hydrogen) atoms. The van der Waals surface area contributed by atoms with Crippen LogP contribution in [0.25, 0.3) is 11.3 Å². The van der Waals surface area contributed by atoms with E-state index in [1.807, 2.05) is 7.05 Å². The molecule has 7 heteroatoms. The number of carboxylic acid groups (broad SMARTS) is 1. The predicted molar refractivity (Wildman–Crippen MR) is 75.3 cm³/mol. The Morgan fingerprint density at radius 2 is 2.14 bits per heavy atom. The van der Waals surface area contributed by atoms with Gasteiger partial charge in [0.25, 0.3) is 0 Å². The van der Waals surface area contributed by atoms with Gasteiger partial charge in [-0.25, -0.2) is 8.78 Å². The van der Waals surface area contributed by atoms with Crippen molar-refractivity contribution in [3.63, 3.8) is 0 Å². The van der Waals surface area contributed by atoms with Crippen molar-refractivity contribution in [1.29, 1.82) is 0 Å². The number of benzene rings is 1. The molecule has 0 spiro atoms. The van der Waals surface area contributed by atoms with Gasteiger partial charge < -0.3 is 10.0 Å². The van der Waals surface area contributed by atoms with E-state index in [9.17, 15) is 13.6 Å². The van der Waals surface area contributed by atoms with Gasteiger partial charge in [0.2, 0.25) is 0 Å². The lowest BCUT2D eigenvalue weighted by atomic mass is 10.0. The highest BCUT2D eigenvalue weighted by Gasteiger charge is 2.25. The quantitative estimate of drug-likeness (QED) is 0.941. The summed E-state index contributed by atoms with van der Waals surface area (Å²) in [6, 6.07) is 3.61. The number of aliphatic carboxylic acids is 1. The van der Waals surface area contributed by atoms with E-state index in [1.54, 1.807) is 0 Å². The Hall–Kier alpha value is -2.28. The van der Waals surface area contributed by atoms with Crippen molar-refractivity contribution in [2.45, 2.75) is 19.5 Å². The first kappa shape index (κ1) is 14.6. The molecule has 0 amide bonds. The Labute approximate surface area is 125 Å². The summed E-state index contributed by atoms with van der Waals surface area (Å²) in [4.78, 5) is 13.1. The second kappa shape index (κ2) is 5.49. The molecule has 5 nitrogen and oxygen atoms in total. The van der Waals surface area contributed by atoms with Gasteiger partial charge in [0.1, 0.15) is 6.54 Å². The van der Waals surface area contributed by atoms with E-state index in [0.717, 1.165) is 29.9 Å². The van der Waals surface area contributed by atoms with Gasteiger partial charge in [-0.1, -0.05) is 0 Å². The van der Waals surface area contributed by atoms with Gasteiger partial charge in [0.05, 0.1) is 5.69 Å². The fourth-order valence-corrected chi connectivity index (χ4v) is 2.76. The molecular formula is C15H15F2N3O2. The maximum atomic E-state index is 13.5. The van der Waals surface area contributed by atoms with Gasteiger partial charge in [-0.05, 0) is 25.2 Å². The highest BCUT2D eigenvalue weighted by atomic mass is 19.2. The SMILES string of the molecule is CN1CCc2c(c(-c3ccc(F)c(F)c3)nn2CC(=O)O)C1. The van der Waals surface area contributed by atoms with Crippen LogP contribution in [0.1, 0.15) is 11.3 Å². The van der Waals surface area contributed by atoms with E-state index in [-0.39, 0.29) is 6.54 Å². The second-order valence-corrected chi connectivity index (χ2v) is 5.44. The van der Waals surface area contributed by atoms with E-state index < -0.39 is 17.6 Å². The third-order valence-corrected chi connectivity index (χ3v) is 3.80. The zero-order valence-corrected chi connectivity index (χ0v) is 12.0. The first-order valence-electron chi connectivity index (χ1n) is 6.90. The van der Waals surface area contributed by atoms with Crippen molar-refractivity contribution in [1.82, 2.24) is 14.7 Å². The van der Waals surface area contributed by atoms with Crippen LogP contribution in [0.4, 0.5) is 8.78 Å². The third-order valence-electron chi connectivity index (χ3n) is 3.80. The highest BCUT2D eigenvalue weighted by Crippen LogP contribution is 2.30. The molecule has 0 fully saturated rings. The monoisotopic (exact) mass is 307 g/mol. The number of likely N-dealkylation sites (N-methyl/N-ethyl adjacent to an activating group) is 1. The van der Waals surface area contributed by atoms with Crippen molar-refractivity contribution in [2.75, 3.05) is 13.6 Å². The predicted octanol–water partition coefficient (Wildman–Crippen LogP) is 1.90. The number of aromatic nitrogens is 2. The molecule has 1 aliphatic rings. The average Bonchev–Trinajstić information content (AvgIpc) is 2.79. The van der Waals surface area contributed by atoms with Crippen molar-refractivity contribution in [3.8, 4) is 11.3 Å². The zero-order chi connectivity index (χ0) is 15.9. The second-order valence-electron chi connectivity index (χ2n) is 5.44. The molecule has 0 atom stereocenters. The van der Waals surface area contributed by atoms with Crippen LogP contribution in [-0.2, 0) is 24.3 Å². The number of carbonyl (C=O) groups is 1. The van der Waals surface area contributed by atoms with Crippen molar-refractivity contribution in [3.05, 3.63) is 41.1 Å². The molecule has 3 rings (SSSR count). The molecule has 0 radical (unpaired) electrons. The Morgan fingerprint density at radius 1 is 1.36 bits per heavy atom.